The molecular weight excluding hydrogens is 226 g/mol. The fourth-order valence-electron chi connectivity index (χ4n) is 1.56. The average Bonchev–Trinajstić information content (AvgIpc) is 2.86. The summed E-state index contributed by atoms with van der Waals surface area (Å²) in [7, 11) is 1.87. The van der Waals surface area contributed by atoms with Gasteiger partial charge in [0.25, 0.3) is 0 Å². The molecule has 6 heteroatoms. The van der Waals surface area contributed by atoms with E-state index in [1.807, 2.05) is 19.4 Å². The van der Waals surface area contributed by atoms with Crippen LogP contribution in [-0.4, -0.2) is 24.4 Å². The van der Waals surface area contributed by atoms with Crippen molar-refractivity contribution in [2.75, 3.05) is 0 Å². The Morgan fingerprint density at radius 3 is 2.75 bits per heavy atom. The van der Waals surface area contributed by atoms with Crippen LogP contribution in [0.3, 0.4) is 0 Å². The van der Waals surface area contributed by atoms with E-state index < -0.39 is 0 Å². The fraction of sp³-hybridized carbons (Fsp3) is 0.100. The van der Waals surface area contributed by atoms with E-state index in [9.17, 15) is 0 Å². The van der Waals surface area contributed by atoms with Crippen LogP contribution in [0.15, 0.2) is 31.0 Å². The van der Waals surface area contributed by atoms with Crippen LogP contribution in [0.2, 0.25) is 5.02 Å². The van der Waals surface area contributed by atoms with Crippen LogP contribution < -0.4 is 0 Å². The van der Waals surface area contributed by atoms with E-state index in [2.05, 4.69) is 15.2 Å². The van der Waals surface area contributed by atoms with Crippen LogP contribution >= 0.6 is 11.6 Å². The molecule has 0 aliphatic rings. The van der Waals surface area contributed by atoms with Gasteiger partial charge in [-0.25, -0.2) is 4.52 Å². The highest BCUT2D eigenvalue weighted by Crippen LogP contribution is 2.19. The van der Waals surface area contributed by atoms with Crippen molar-refractivity contribution in [3.8, 4) is 11.3 Å². The van der Waals surface area contributed by atoms with E-state index in [0.717, 1.165) is 16.8 Å². The number of hydrogen-bond donors (Lipinski definition) is 0. The molecule has 0 bridgehead atoms. The lowest BCUT2D eigenvalue weighted by molar-refractivity contribution is 0.768. The summed E-state index contributed by atoms with van der Waals surface area (Å²) < 4.78 is 3.44. The topological polar surface area (TPSA) is 48.0 Å². The first-order valence-corrected chi connectivity index (χ1v) is 5.10. The normalized spacial score (nSPS) is 11.1. The van der Waals surface area contributed by atoms with E-state index in [4.69, 9.17) is 11.6 Å². The minimum absolute atomic E-state index is 0.602. The molecule has 0 spiro atoms. The lowest BCUT2D eigenvalue weighted by Crippen LogP contribution is -1.91. The van der Waals surface area contributed by atoms with Gasteiger partial charge < -0.3 is 0 Å². The molecule has 0 N–H and O–H groups in total. The van der Waals surface area contributed by atoms with Crippen molar-refractivity contribution in [2.24, 2.45) is 7.05 Å². The Hall–Kier alpha value is -1.88. The number of aryl methyl sites for hydroxylation is 1. The Morgan fingerprint density at radius 2 is 2.00 bits per heavy atom. The lowest BCUT2D eigenvalue weighted by Gasteiger charge is -1.97. The third-order valence-corrected chi connectivity index (χ3v) is 2.65. The summed E-state index contributed by atoms with van der Waals surface area (Å²) in [6, 6.07) is 0. The minimum Gasteiger partial charge on any atom is -0.275 e. The second kappa shape index (κ2) is 3.31. The van der Waals surface area contributed by atoms with Gasteiger partial charge in [0.15, 0.2) is 0 Å². The second-order valence-electron chi connectivity index (χ2n) is 3.50. The molecule has 16 heavy (non-hydrogen) atoms. The van der Waals surface area contributed by atoms with Gasteiger partial charge in [-0.15, -0.1) is 0 Å². The van der Waals surface area contributed by atoms with Crippen LogP contribution in [0.5, 0.6) is 0 Å². The zero-order valence-electron chi connectivity index (χ0n) is 8.50. The monoisotopic (exact) mass is 233 g/mol. The maximum Gasteiger partial charge on any atom is 0.103 e. The van der Waals surface area contributed by atoms with Crippen molar-refractivity contribution >= 4 is 17.1 Å². The van der Waals surface area contributed by atoms with Gasteiger partial charge in [0.2, 0.25) is 0 Å². The van der Waals surface area contributed by atoms with E-state index >= 15 is 0 Å². The third-order valence-electron chi connectivity index (χ3n) is 2.36. The number of fused-ring (bicyclic) bond motifs is 1. The molecule has 0 radical (unpaired) electrons. The zero-order chi connectivity index (χ0) is 11.1. The largest absolute Gasteiger partial charge is 0.275 e. The first kappa shape index (κ1) is 9.35. The molecule has 3 heterocycles. The Bertz CT molecular complexity index is 654. The third kappa shape index (κ3) is 1.37. The van der Waals surface area contributed by atoms with Gasteiger partial charge >= 0.3 is 0 Å². The molecule has 0 atom stereocenters. The lowest BCUT2D eigenvalue weighted by atomic mass is 10.3. The summed E-state index contributed by atoms with van der Waals surface area (Å²) in [6.45, 7) is 0. The SMILES string of the molecule is Cn1cc(-c2cn3ncc(Cl)c3cn2)cn1. The number of hydrogen-bond acceptors (Lipinski definition) is 3. The molecule has 80 valence electrons. The number of halogens is 1. The van der Waals surface area contributed by atoms with Crippen LogP contribution in [0.4, 0.5) is 0 Å². The zero-order valence-corrected chi connectivity index (χ0v) is 9.26. The van der Waals surface area contributed by atoms with Crippen molar-refractivity contribution in [1.29, 1.82) is 0 Å². The van der Waals surface area contributed by atoms with E-state index in [1.54, 1.807) is 27.8 Å². The fourth-order valence-corrected chi connectivity index (χ4v) is 1.74. The Balaban J connectivity index is 2.18. The maximum absolute atomic E-state index is 5.94. The van der Waals surface area contributed by atoms with Crippen LogP contribution in [-0.2, 0) is 7.05 Å². The quantitative estimate of drug-likeness (QED) is 0.644. The van der Waals surface area contributed by atoms with Crippen molar-refractivity contribution in [3.63, 3.8) is 0 Å². The van der Waals surface area contributed by atoms with E-state index in [0.29, 0.717) is 5.02 Å². The van der Waals surface area contributed by atoms with Crippen molar-refractivity contribution in [3.05, 3.63) is 36.0 Å². The van der Waals surface area contributed by atoms with Gasteiger partial charge in [-0.2, -0.15) is 10.2 Å². The van der Waals surface area contributed by atoms with Crippen LogP contribution in [0.1, 0.15) is 0 Å². The van der Waals surface area contributed by atoms with Crippen molar-refractivity contribution < 1.29 is 0 Å². The highest BCUT2D eigenvalue weighted by atomic mass is 35.5. The first-order chi connectivity index (χ1) is 7.74. The molecule has 0 fully saturated rings. The van der Waals surface area contributed by atoms with Gasteiger partial charge in [-0.1, -0.05) is 11.6 Å². The van der Waals surface area contributed by atoms with E-state index in [1.165, 1.54) is 0 Å². The number of nitrogens with zero attached hydrogens (tertiary/aromatic N) is 5. The smallest absolute Gasteiger partial charge is 0.103 e. The summed E-state index contributed by atoms with van der Waals surface area (Å²) >= 11 is 5.94. The van der Waals surface area contributed by atoms with Crippen LogP contribution in [0, 0.1) is 0 Å². The highest BCUT2D eigenvalue weighted by molar-refractivity contribution is 6.33. The summed E-state index contributed by atoms with van der Waals surface area (Å²) in [5, 5.41) is 8.83. The molecule has 0 aliphatic heterocycles. The molecule has 5 nitrogen and oxygen atoms in total. The summed E-state index contributed by atoms with van der Waals surface area (Å²) in [5.41, 5.74) is 2.57. The molecule has 0 aliphatic carbocycles. The van der Waals surface area contributed by atoms with Gasteiger partial charge in [0.1, 0.15) is 5.52 Å². The molecule has 3 rings (SSSR count). The van der Waals surface area contributed by atoms with Gasteiger partial charge in [-0.05, 0) is 0 Å². The van der Waals surface area contributed by atoms with E-state index in [-0.39, 0.29) is 0 Å². The number of rotatable bonds is 1. The average molecular weight is 234 g/mol. The maximum atomic E-state index is 5.94. The predicted molar refractivity (Wildman–Crippen MR) is 60.2 cm³/mol. The Kier molecular flexibility index (Phi) is 1.94. The molecule has 0 saturated heterocycles. The molecule has 0 aromatic carbocycles. The molecule has 3 aromatic rings. The highest BCUT2D eigenvalue weighted by Gasteiger charge is 2.06. The summed E-state index contributed by atoms with van der Waals surface area (Å²) in [6.07, 6.45) is 8.81. The van der Waals surface area contributed by atoms with Crippen molar-refractivity contribution in [1.82, 2.24) is 24.4 Å². The Morgan fingerprint density at radius 1 is 1.12 bits per heavy atom. The first-order valence-electron chi connectivity index (χ1n) is 4.72. The molecule has 0 unspecified atom stereocenters. The van der Waals surface area contributed by atoms with Crippen molar-refractivity contribution in [2.45, 2.75) is 0 Å². The van der Waals surface area contributed by atoms with Gasteiger partial charge in [0.05, 0.1) is 35.5 Å². The number of aromatic nitrogens is 5. The molecule has 3 aromatic heterocycles. The second-order valence-corrected chi connectivity index (χ2v) is 3.90. The predicted octanol–water partition coefficient (Wildman–Crippen LogP) is 1.78. The molecule has 0 amide bonds. The summed E-state index contributed by atoms with van der Waals surface area (Å²) in [4.78, 5) is 4.32. The molecule has 0 saturated carbocycles. The van der Waals surface area contributed by atoms with Gasteiger partial charge in [-0.3, -0.25) is 9.67 Å². The molecular formula is C10H8ClN5. The summed E-state index contributed by atoms with van der Waals surface area (Å²) in [5.74, 6) is 0. The van der Waals surface area contributed by atoms with Gasteiger partial charge in [0, 0.05) is 18.8 Å². The minimum atomic E-state index is 0.602. The standard InChI is InChI=1S/C10H8ClN5/c1-15-5-7(2-13-15)9-6-16-10(4-12-9)8(11)3-14-16/h2-6H,1H3. The Labute approximate surface area is 96.3 Å². The van der Waals surface area contributed by atoms with Crippen LogP contribution in [0.25, 0.3) is 16.8 Å².